The number of anilines is 1. The predicted molar refractivity (Wildman–Crippen MR) is 162 cm³/mol. The molecule has 12 heteroatoms. The van der Waals surface area contributed by atoms with Gasteiger partial charge in [0.05, 0.1) is 31.1 Å². The minimum absolute atomic E-state index is 0.0509. The highest BCUT2D eigenvalue weighted by Crippen LogP contribution is 2.40. The Morgan fingerprint density at radius 1 is 1.19 bits per heavy atom. The number of fused-ring (bicyclic) bond motifs is 1. The Balaban J connectivity index is 1.29. The molecule has 6 atom stereocenters. The van der Waals surface area contributed by atoms with Crippen LogP contribution >= 0.6 is 11.8 Å². The first-order valence-electron chi connectivity index (χ1n) is 14.5. The zero-order valence-electron chi connectivity index (χ0n) is 24.7. The zero-order chi connectivity index (χ0) is 30.7. The first kappa shape index (κ1) is 31.1. The molecule has 0 saturated carbocycles. The van der Waals surface area contributed by atoms with E-state index < -0.39 is 41.0 Å². The Morgan fingerprint density at radius 3 is 2.70 bits per heavy atom. The lowest BCUT2D eigenvalue weighted by atomic mass is 9.97. The van der Waals surface area contributed by atoms with Crippen molar-refractivity contribution in [1.82, 2.24) is 15.5 Å². The lowest BCUT2D eigenvalue weighted by Crippen LogP contribution is -2.58. The molecular weight excluding hydrogens is 572 g/mol. The maximum atomic E-state index is 13.9. The van der Waals surface area contributed by atoms with Gasteiger partial charge in [-0.3, -0.25) is 9.59 Å². The second-order valence-electron chi connectivity index (χ2n) is 11.8. The fourth-order valence-corrected chi connectivity index (χ4v) is 7.07. The van der Waals surface area contributed by atoms with Crippen LogP contribution in [0, 0.1) is 12.8 Å². The number of hydrogen-bond acceptors (Lipinski definition) is 9. The summed E-state index contributed by atoms with van der Waals surface area (Å²) in [4.78, 5) is 41.8. The average molecular weight is 613 g/mol. The third-order valence-corrected chi connectivity index (χ3v) is 9.75. The van der Waals surface area contributed by atoms with Crippen molar-refractivity contribution in [3.05, 3.63) is 65.2 Å². The molecule has 3 saturated heterocycles. The van der Waals surface area contributed by atoms with Crippen LogP contribution in [0.5, 0.6) is 0 Å². The number of nitrogens with zero attached hydrogens (tertiary/aromatic N) is 1. The fourth-order valence-electron chi connectivity index (χ4n) is 5.93. The number of amides is 3. The number of aryl methyl sites for hydroxylation is 1. The van der Waals surface area contributed by atoms with E-state index in [0.29, 0.717) is 12.3 Å². The molecule has 0 bridgehead atoms. The number of nitrogens with one attached hydrogen (secondary N) is 2. The molecule has 3 fully saturated rings. The van der Waals surface area contributed by atoms with E-state index in [2.05, 4.69) is 10.6 Å². The summed E-state index contributed by atoms with van der Waals surface area (Å²) in [6, 6.07) is 12.9. The van der Waals surface area contributed by atoms with Crippen molar-refractivity contribution in [2.24, 2.45) is 5.92 Å². The van der Waals surface area contributed by atoms with E-state index in [0.717, 1.165) is 23.1 Å². The molecule has 0 aromatic heterocycles. The standard InChI is InChI=1S/C31H40N4O7S/c1-18-13-21(32)10-9-20(18)15-33-27(37)26-31(2,3)43-17-35(26)28(38)25(36)23(14-19-7-5-4-6-8-19)34-30(39)42-24-16-41-29-22(24)11-12-40-29/h4-10,13,22-26,29,36H,11-12,14-17,32H2,1-3H3,(H,33,37)(H,34,39)/t22-,23-,24-,25-,26+,29+/m0/s1. The van der Waals surface area contributed by atoms with Gasteiger partial charge in [-0.1, -0.05) is 36.4 Å². The van der Waals surface area contributed by atoms with Crippen LogP contribution in [0.25, 0.3) is 0 Å². The van der Waals surface area contributed by atoms with Gasteiger partial charge in [0.25, 0.3) is 5.91 Å². The molecule has 0 aliphatic carbocycles. The van der Waals surface area contributed by atoms with Gasteiger partial charge in [-0.15, -0.1) is 11.8 Å². The van der Waals surface area contributed by atoms with Gasteiger partial charge >= 0.3 is 6.09 Å². The number of alkyl carbamates (subject to hydrolysis) is 1. The second-order valence-corrected chi connectivity index (χ2v) is 13.4. The van der Waals surface area contributed by atoms with E-state index in [-0.39, 0.29) is 43.6 Å². The van der Waals surface area contributed by atoms with E-state index in [1.807, 2.05) is 63.2 Å². The van der Waals surface area contributed by atoms with Gasteiger partial charge in [0.15, 0.2) is 12.4 Å². The number of benzene rings is 2. The molecule has 5 rings (SSSR count). The lowest BCUT2D eigenvalue weighted by Gasteiger charge is -2.33. The minimum atomic E-state index is -1.63. The molecule has 0 radical (unpaired) electrons. The third-order valence-electron chi connectivity index (χ3n) is 8.38. The SMILES string of the molecule is Cc1cc(N)ccc1CNC(=O)[C@H]1N(C(=O)[C@@H](O)[C@H](Cc2ccccc2)NC(=O)O[C@H]2CO[C@H]3OCC[C@H]32)CSC1(C)C. The Labute approximate surface area is 255 Å². The van der Waals surface area contributed by atoms with Crippen molar-refractivity contribution in [3.63, 3.8) is 0 Å². The van der Waals surface area contributed by atoms with Crippen LogP contribution in [0.3, 0.4) is 0 Å². The molecule has 5 N–H and O–H groups in total. The second kappa shape index (κ2) is 13.1. The molecule has 3 amide bonds. The molecular formula is C31H40N4O7S. The van der Waals surface area contributed by atoms with Crippen LogP contribution in [0.4, 0.5) is 10.5 Å². The highest BCUT2D eigenvalue weighted by atomic mass is 32.2. The summed E-state index contributed by atoms with van der Waals surface area (Å²) in [5.74, 6) is -0.803. The highest BCUT2D eigenvalue weighted by Gasteiger charge is 2.50. The molecule has 2 aromatic rings. The molecule has 3 aliphatic heterocycles. The van der Waals surface area contributed by atoms with E-state index in [9.17, 15) is 19.5 Å². The summed E-state index contributed by atoms with van der Waals surface area (Å²) in [6.45, 7) is 6.76. The largest absolute Gasteiger partial charge is 0.443 e. The maximum absolute atomic E-state index is 13.9. The van der Waals surface area contributed by atoms with Crippen molar-refractivity contribution in [2.75, 3.05) is 24.8 Å². The van der Waals surface area contributed by atoms with Gasteiger partial charge < -0.3 is 40.6 Å². The molecule has 3 heterocycles. The number of carbonyl (C=O) groups is 3. The molecule has 3 aliphatic rings. The lowest BCUT2D eigenvalue weighted by molar-refractivity contribution is -0.147. The summed E-state index contributed by atoms with van der Waals surface area (Å²) in [5.41, 5.74) is 9.18. The average Bonchev–Trinajstić information content (AvgIpc) is 3.67. The number of nitrogen functional groups attached to an aromatic ring is 1. The Kier molecular flexibility index (Phi) is 9.50. The number of hydrogen-bond donors (Lipinski definition) is 4. The number of carbonyl (C=O) groups excluding carboxylic acids is 3. The summed E-state index contributed by atoms with van der Waals surface area (Å²) in [6.07, 6.45) is -2.34. The monoisotopic (exact) mass is 612 g/mol. The van der Waals surface area contributed by atoms with E-state index in [1.54, 1.807) is 6.07 Å². The Morgan fingerprint density at radius 2 is 1.95 bits per heavy atom. The number of nitrogens with two attached hydrogens (primary N) is 1. The van der Waals surface area contributed by atoms with Crippen LogP contribution < -0.4 is 16.4 Å². The topological polar surface area (TPSA) is 152 Å². The summed E-state index contributed by atoms with van der Waals surface area (Å²) >= 11 is 1.46. The molecule has 11 nitrogen and oxygen atoms in total. The quantitative estimate of drug-likeness (QED) is 0.313. The van der Waals surface area contributed by atoms with Crippen molar-refractivity contribution in [3.8, 4) is 0 Å². The van der Waals surface area contributed by atoms with Crippen LogP contribution in [-0.2, 0) is 36.8 Å². The van der Waals surface area contributed by atoms with Crippen molar-refractivity contribution in [1.29, 1.82) is 0 Å². The van der Waals surface area contributed by atoms with Gasteiger partial charge in [0, 0.05) is 17.0 Å². The van der Waals surface area contributed by atoms with Crippen LogP contribution in [0.15, 0.2) is 48.5 Å². The normalized spacial score (nSPS) is 25.5. The van der Waals surface area contributed by atoms with Gasteiger partial charge in [-0.2, -0.15) is 0 Å². The molecule has 0 unspecified atom stereocenters. The minimum Gasteiger partial charge on any atom is -0.443 e. The van der Waals surface area contributed by atoms with Gasteiger partial charge in [0.1, 0.15) is 12.1 Å². The Hall–Kier alpha value is -3.32. The van der Waals surface area contributed by atoms with Crippen LogP contribution in [0.1, 0.15) is 37.0 Å². The van der Waals surface area contributed by atoms with Gasteiger partial charge in [-0.25, -0.2) is 4.79 Å². The fraction of sp³-hybridized carbons (Fsp3) is 0.516. The predicted octanol–water partition coefficient (Wildman–Crippen LogP) is 2.33. The van der Waals surface area contributed by atoms with Crippen molar-refractivity contribution in [2.45, 2.75) is 75.5 Å². The maximum Gasteiger partial charge on any atom is 0.407 e. The van der Waals surface area contributed by atoms with E-state index >= 15 is 0 Å². The number of ether oxygens (including phenoxy) is 3. The first-order chi connectivity index (χ1) is 20.5. The van der Waals surface area contributed by atoms with Crippen molar-refractivity contribution < 1.29 is 33.7 Å². The van der Waals surface area contributed by atoms with Gasteiger partial charge in [0.2, 0.25) is 5.91 Å². The number of thioether (sulfide) groups is 1. The smallest absolute Gasteiger partial charge is 0.407 e. The molecule has 0 spiro atoms. The number of aliphatic hydroxyl groups excluding tert-OH is 1. The van der Waals surface area contributed by atoms with Crippen molar-refractivity contribution >= 4 is 35.4 Å². The Bertz CT molecular complexity index is 1330. The molecule has 232 valence electrons. The molecule has 43 heavy (non-hydrogen) atoms. The van der Waals surface area contributed by atoms with Crippen LogP contribution in [0.2, 0.25) is 0 Å². The number of rotatable bonds is 9. The first-order valence-corrected chi connectivity index (χ1v) is 15.5. The third kappa shape index (κ3) is 7.09. The molecule has 2 aromatic carbocycles. The zero-order valence-corrected chi connectivity index (χ0v) is 25.5. The highest BCUT2D eigenvalue weighted by molar-refractivity contribution is 8.00. The van der Waals surface area contributed by atoms with E-state index in [4.69, 9.17) is 19.9 Å². The summed E-state index contributed by atoms with van der Waals surface area (Å²) in [5, 5.41) is 17.1. The number of aliphatic hydroxyl groups is 1. The van der Waals surface area contributed by atoms with Gasteiger partial charge in [-0.05, 0) is 62.4 Å². The van der Waals surface area contributed by atoms with Crippen LogP contribution in [-0.4, -0.2) is 82.3 Å². The summed E-state index contributed by atoms with van der Waals surface area (Å²) < 4.78 is 16.1. The van der Waals surface area contributed by atoms with E-state index in [1.165, 1.54) is 16.7 Å². The summed E-state index contributed by atoms with van der Waals surface area (Å²) in [7, 11) is 0.